The molecule has 8 heteroatoms. The van der Waals surface area contributed by atoms with Crippen LogP contribution in [-0.4, -0.2) is 41.5 Å². The summed E-state index contributed by atoms with van der Waals surface area (Å²) in [6, 6.07) is 7.15. The lowest BCUT2D eigenvalue weighted by atomic mass is 10.1. The van der Waals surface area contributed by atoms with Crippen molar-refractivity contribution in [1.29, 1.82) is 0 Å². The molecule has 0 bridgehead atoms. The van der Waals surface area contributed by atoms with E-state index in [2.05, 4.69) is 15.3 Å². The number of anilines is 1. The van der Waals surface area contributed by atoms with Crippen LogP contribution in [0.15, 0.2) is 42.7 Å². The summed E-state index contributed by atoms with van der Waals surface area (Å²) in [5.41, 5.74) is 0.749. The smallest absolute Gasteiger partial charge is 0.326 e. The summed E-state index contributed by atoms with van der Waals surface area (Å²) in [4.78, 5) is 33.8. The van der Waals surface area contributed by atoms with Crippen LogP contribution in [-0.2, 0) is 14.3 Å². The van der Waals surface area contributed by atoms with Gasteiger partial charge in [-0.15, -0.1) is 0 Å². The van der Waals surface area contributed by atoms with Crippen molar-refractivity contribution in [1.82, 2.24) is 15.3 Å². The van der Waals surface area contributed by atoms with Crippen LogP contribution in [0.2, 0.25) is 0 Å². The van der Waals surface area contributed by atoms with E-state index in [0.29, 0.717) is 5.95 Å². The molecule has 2 unspecified atom stereocenters. The molecule has 138 valence electrons. The molecular formula is C18H21FN4O3. The Hall–Kier alpha value is -3.03. The van der Waals surface area contributed by atoms with Crippen molar-refractivity contribution in [2.24, 2.45) is 0 Å². The quantitative estimate of drug-likeness (QED) is 0.759. The lowest BCUT2D eigenvalue weighted by molar-refractivity contribution is -0.153. The molecule has 2 aromatic rings. The third kappa shape index (κ3) is 5.51. The van der Waals surface area contributed by atoms with Crippen molar-refractivity contribution < 1.29 is 18.7 Å². The number of rotatable bonds is 7. The first-order valence-electron chi connectivity index (χ1n) is 8.10. The van der Waals surface area contributed by atoms with Gasteiger partial charge < -0.3 is 15.0 Å². The molecule has 2 atom stereocenters. The minimum atomic E-state index is -0.963. The summed E-state index contributed by atoms with van der Waals surface area (Å²) in [6.45, 7) is 3.17. The zero-order valence-electron chi connectivity index (χ0n) is 14.8. The number of esters is 1. The molecule has 0 aliphatic rings. The van der Waals surface area contributed by atoms with E-state index in [4.69, 9.17) is 4.74 Å². The normalized spacial score (nSPS) is 12.8. The molecule has 26 heavy (non-hydrogen) atoms. The molecule has 0 spiro atoms. The summed E-state index contributed by atoms with van der Waals surface area (Å²) in [7, 11) is 1.65. The first-order chi connectivity index (χ1) is 12.4. The number of nitrogens with one attached hydrogen (secondary N) is 1. The van der Waals surface area contributed by atoms with Crippen molar-refractivity contribution in [3.05, 3.63) is 54.1 Å². The van der Waals surface area contributed by atoms with Gasteiger partial charge in [0.1, 0.15) is 12.4 Å². The molecule has 1 aromatic heterocycles. The van der Waals surface area contributed by atoms with Gasteiger partial charge in [-0.1, -0.05) is 12.1 Å². The maximum absolute atomic E-state index is 13.0. The number of benzene rings is 1. The predicted octanol–water partition coefficient (Wildman–Crippen LogP) is 1.86. The molecule has 2 rings (SSSR count). The van der Waals surface area contributed by atoms with Crippen molar-refractivity contribution in [3.8, 4) is 0 Å². The molecule has 7 nitrogen and oxygen atoms in total. The highest BCUT2D eigenvalue weighted by atomic mass is 19.1. The highest BCUT2D eigenvalue weighted by Gasteiger charge is 2.21. The Morgan fingerprint density at radius 3 is 2.42 bits per heavy atom. The molecule has 0 saturated carbocycles. The lowest BCUT2D eigenvalue weighted by Crippen LogP contribution is -2.39. The average Bonchev–Trinajstić information content (AvgIpc) is 2.62. The molecule has 0 fully saturated rings. The van der Waals surface area contributed by atoms with Gasteiger partial charge in [-0.25, -0.2) is 14.4 Å². The Labute approximate surface area is 151 Å². The minimum Gasteiger partial charge on any atom is -0.451 e. The van der Waals surface area contributed by atoms with Crippen LogP contribution in [0.25, 0.3) is 0 Å². The maximum Gasteiger partial charge on any atom is 0.326 e. The predicted molar refractivity (Wildman–Crippen MR) is 93.8 cm³/mol. The standard InChI is InChI=1S/C18H21FN4O3/c1-12(14-5-7-15(19)8-6-14)22-17(25)13(2)26-16(24)11-23(3)18-20-9-4-10-21-18/h4-10,12-13H,11H2,1-3H3,(H,22,25). The summed E-state index contributed by atoms with van der Waals surface area (Å²) in [6.07, 6.45) is 2.17. The number of likely N-dealkylation sites (N-methyl/N-ethyl adjacent to an activating group) is 1. The molecule has 1 heterocycles. The fourth-order valence-corrected chi connectivity index (χ4v) is 2.21. The SMILES string of the molecule is CC(OC(=O)CN(C)c1ncccn1)C(=O)NC(C)c1ccc(F)cc1. The van der Waals surface area contributed by atoms with Gasteiger partial charge >= 0.3 is 5.97 Å². The number of halogens is 1. The topological polar surface area (TPSA) is 84.4 Å². The Kier molecular flexibility index (Phi) is 6.60. The van der Waals surface area contributed by atoms with E-state index in [0.717, 1.165) is 5.56 Å². The summed E-state index contributed by atoms with van der Waals surface area (Å²) in [5.74, 6) is -0.974. The minimum absolute atomic E-state index is 0.0881. The van der Waals surface area contributed by atoms with Crippen LogP contribution in [0, 0.1) is 5.82 Å². The highest BCUT2D eigenvalue weighted by Crippen LogP contribution is 2.13. The molecule has 0 aliphatic heterocycles. The second-order valence-corrected chi connectivity index (χ2v) is 5.82. The number of amides is 1. The number of nitrogens with zero attached hydrogens (tertiary/aromatic N) is 3. The lowest BCUT2D eigenvalue weighted by Gasteiger charge is -2.20. The van der Waals surface area contributed by atoms with Gasteiger partial charge in [0.05, 0.1) is 6.04 Å². The monoisotopic (exact) mass is 360 g/mol. The Bertz CT molecular complexity index is 740. The number of aromatic nitrogens is 2. The molecule has 1 aromatic carbocycles. The van der Waals surface area contributed by atoms with Gasteiger partial charge in [-0.2, -0.15) is 0 Å². The molecule has 1 amide bonds. The van der Waals surface area contributed by atoms with Gasteiger partial charge in [-0.3, -0.25) is 9.59 Å². The van der Waals surface area contributed by atoms with Gasteiger partial charge in [0, 0.05) is 19.4 Å². The Balaban J connectivity index is 1.84. The average molecular weight is 360 g/mol. The van der Waals surface area contributed by atoms with E-state index in [1.807, 2.05) is 0 Å². The summed E-state index contributed by atoms with van der Waals surface area (Å²) >= 11 is 0. The van der Waals surface area contributed by atoms with Crippen LogP contribution in [0.3, 0.4) is 0 Å². The largest absolute Gasteiger partial charge is 0.451 e. The fraction of sp³-hybridized carbons (Fsp3) is 0.333. The molecule has 0 aliphatic carbocycles. The van der Waals surface area contributed by atoms with E-state index in [-0.39, 0.29) is 18.4 Å². The van der Waals surface area contributed by atoms with Gasteiger partial charge in [-0.05, 0) is 37.6 Å². The zero-order chi connectivity index (χ0) is 19.1. The second kappa shape index (κ2) is 8.89. The molecular weight excluding hydrogens is 339 g/mol. The fourth-order valence-electron chi connectivity index (χ4n) is 2.21. The third-order valence-corrected chi connectivity index (χ3v) is 3.67. The number of hydrogen-bond acceptors (Lipinski definition) is 6. The van der Waals surface area contributed by atoms with Crippen molar-refractivity contribution in [2.45, 2.75) is 26.0 Å². The van der Waals surface area contributed by atoms with Crippen LogP contribution in [0.4, 0.5) is 10.3 Å². The Morgan fingerprint density at radius 1 is 1.19 bits per heavy atom. The molecule has 0 saturated heterocycles. The van der Waals surface area contributed by atoms with Crippen molar-refractivity contribution in [3.63, 3.8) is 0 Å². The first-order valence-corrected chi connectivity index (χ1v) is 8.10. The zero-order valence-corrected chi connectivity index (χ0v) is 14.8. The highest BCUT2D eigenvalue weighted by molar-refractivity contribution is 5.84. The molecule has 0 radical (unpaired) electrons. The number of carbonyl (C=O) groups excluding carboxylic acids is 2. The van der Waals surface area contributed by atoms with E-state index < -0.39 is 18.0 Å². The van der Waals surface area contributed by atoms with E-state index in [1.165, 1.54) is 24.0 Å². The van der Waals surface area contributed by atoms with Crippen LogP contribution in [0.1, 0.15) is 25.5 Å². The van der Waals surface area contributed by atoms with Crippen LogP contribution >= 0.6 is 0 Å². The van der Waals surface area contributed by atoms with Crippen molar-refractivity contribution >= 4 is 17.8 Å². The van der Waals surface area contributed by atoms with Crippen molar-refractivity contribution in [2.75, 3.05) is 18.5 Å². The first kappa shape index (κ1) is 19.3. The van der Waals surface area contributed by atoms with E-state index in [1.54, 1.807) is 44.6 Å². The number of hydrogen-bond donors (Lipinski definition) is 1. The summed E-state index contributed by atoms with van der Waals surface area (Å²) in [5, 5.41) is 2.73. The van der Waals surface area contributed by atoms with E-state index >= 15 is 0 Å². The van der Waals surface area contributed by atoms with Gasteiger partial charge in [0.25, 0.3) is 5.91 Å². The second-order valence-electron chi connectivity index (χ2n) is 5.82. The third-order valence-electron chi connectivity index (χ3n) is 3.67. The van der Waals surface area contributed by atoms with E-state index in [9.17, 15) is 14.0 Å². The molecule has 1 N–H and O–H groups in total. The van der Waals surface area contributed by atoms with Crippen LogP contribution < -0.4 is 10.2 Å². The van der Waals surface area contributed by atoms with Gasteiger partial charge in [0.2, 0.25) is 5.95 Å². The number of carbonyl (C=O) groups is 2. The number of ether oxygens (including phenoxy) is 1. The maximum atomic E-state index is 13.0. The Morgan fingerprint density at radius 2 is 1.81 bits per heavy atom. The van der Waals surface area contributed by atoms with Crippen LogP contribution in [0.5, 0.6) is 0 Å². The summed E-state index contributed by atoms with van der Waals surface area (Å²) < 4.78 is 18.1. The van der Waals surface area contributed by atoms with Gasteiger partial charge in [0.15, 0.2) is 6.10 Å².